The fourth-order valence-electron chi connectivity index (χ4n) is 3.71. The molecule has 0 spiro atoms. The Hall–Kier alpha value is -2.40. The van der Waals surface area contributed by atoms with Crippen molar-refractivity contribution in [3.8, 4) is 0 Å². The summed E-state index contributed by atoms with van der Waals surface area (Å²) in [6, 6.07) is 10.3. The number of hydrogen-bond acceptors (Lipinski definition) is 3. The van der Waals surface area contributed by atoms with Crippen LogP contribution in [0.3, 0.4) is 0 Å². The second-order valence-electron chi connectivity index (χ2n) is 6.63. The van der Waals surface area contributed by atoms with Crippen molar-refractivity contribution in [2.45, 2.75) is 32.5 Å². The number of carbonyl (C=O) groups is 1. The van der Waals surface area contributed by atoms with Crippen LogP contribution >= 0.6 is 0 Å². The Bertz CT molecular complexity index is 807. The molecule has 1 saturated heterocycles. The minimum atomic E-state index is -0.257. The van der Waals surface area contributed by atoms with Crippen molar-refractivity contribution in [1.29, 1.82) is 0 Å². The first-order valence-corrected chi connectivity index (χ1v) is 8.51. The SMILES string of the molecule is O=C(c1c2c(c[nH]c1=O)CN(Cc1ccccc1)C2)N1CCCC1. The molecule has 124 valence electrons. The van der Waals surface area contributed by atoms with Crippen LogP contribution in [0.2, 0.25) is 0 Å². The van der Waals surface area contributed by atoms with Crippen LogP contribution in [0.15, 0.2) is 41.3 Å². The van der Waals surface area contributed by atoms with Crippen molar-refractivity contribution in [2.24, 2.45) is 0 Å². The Morgan fingerprint density at radius 3 is 2.58 bits per heavy atom. The molecule has 0 bridgehead atoms. The van der Waals surface area contributed by atoms with Gasteiger partial charge in [0.25, 0.3) is 11.5 Å². The minimum Gasteiger partial charge on any atom is -0.338 e. The number of benzene rings is 1. The summed E-state index contributed by atoms with van der Waals surface area (Å²) in [5.41, 5.74) is 3.31. The number of hydrogen-bond donors (Lipinski definition) is 1. The van der Waals surface area contributed by atoms with E-state index in [1.807, 2.05) is 23.1 Å². The highest BCUT2D eigenvalue weighted by molar-refractivity contribution is 5.95. The fourth-order valence-corrected chi connectivity index (χ4v) is 3.71. The number of carbonyl (C=O) groups excluding carboxylic acids is 1. The largest absolute Gasteiger partial charge is 0.338 e. The zero-order valence-corrected chi connectivity index (χ0v) is 13.6. The van der Waals surface area contributed by atoms with E-state index in [9.17, 15) is 9.59 Å². The van der Waals surface area contributed by atoms with Crippen LogP contribution in [-0.4, -0.2) is 33.8 Å². The Balaban J connectivity index is 1.60. The molecule has 2 aliphatic heterocycles. The maximum atomic E-state index is 12.8. The standard InChI is InChI=1S/C19H21N3O2/c23-18-17(19(24)22-8-4-5-9-22)16-13-21(12-15(16)10-20-18)11-14-6-2-1-3-7-14/h1-3,6-7,10H,4-5,8-9,11-13H2,(H,20,23). The van der Waals surface area contributed by atoms with Crippen LogP contribution in [0.25, 0.3) is 0 Å². The Morgan fingerprint density at radius 2 is 1.83 bits per heavy atom. The second kappa shape index (κ2) is 6.24. The molecule has 2 aromatic rings. The molecular formula is C19H21N3O2. The number of rotatable bonds is 3. The summed E-state index contributed by atoms with van der Waals surface area (Å²) in [5.74, 6) is -0.104. The summed E-state index contributed by atoms with van der Waals surface area (Å²) in [4.78, 5) is 31.9. The van der Waals surface area contributed by atoms with Crippen LogP contribution in [-0.2, 0) is 19.6 Å². The third-order valence-electron chi connectivity index (χ3n) is 4.93. The van der Waals surface area contributed by atoms with Crippen LogP contribution < -0.4 is 5.56 Å². The molecule has 1 fully saturated rings. The van der Waals surface area contributed by atoms with Gasteiger partial charge in [0, 0.05) is 38.9 Å². The van der Waals surface area contributed by atoms with Gasteiger partial charge in [-0.15, -0.1) is 0 Å². The molecule has 24 heavy (non-hydrogen) atoms. The van der Waals surface area contributed by atoms with Crippen LogP contribution in [0.5, 0.6) is 0 Å². The van der Waals surface area contributed by atoms with Gasteiger partial charge in [-0.25, -0.2) is 0 Å². The maximum absolute atomic E-state index is 12.8. The number of H-pyrrole nitrogens is 1. The number of fused-ring (bicyclic) bond motifs is 1. The first kappa shape index (κ1) is 15.1. The van der Waals surface area contributed by atoms with Gasteiger partial charge in [0.05, 0.1) is 0 Å². The number of amides is 1. The summed E-state index contributed by atoms with van der Waals surface area (Å²) in [6.07, 6.45) is 3.82. The fraction of sp³-hybridized carbons (Fsp3) is 0.368. The van der Waals surface area contributed by atoms with Gasteiger partial charge < -0.3 is 9.88 Å². The zero-order valence-electron chi connectivity index (χ0n) is 13.6. The van der Waals surface area contributed by atoms with E-state index in [2.05, 4.69) is 22.0 Å². The second-order valence-corrected chi connectivity index (χ2v) is 6.63. The average Bonchev–Trinajstić information content (AvgIpc) is 3.24. The van der Waals surface area contributed by atoms with E-state index in [1.165, 1.54) is 5.56 Å². The van der Waals surface area contributed by atoms with E-state index in [-0.39, 0.29) is 11.5 Å². The summed E-state index contributed by atoms with van der Waals surface area (Å²) >= 11 is 0. The molecule has 1 amide bonds. The lowest BCUT2D eigenvalue weighted by Gasteiger charge is -2.17. The van der Waals surface area contributed by atoms with Crippen molar-refractivity contribution in [1.82, 2.24) is 14.8 Å². The van der Waals surface area contributed by atoms with Crippen LogP contribution in [0.4, 0.5) is 0 Å². The van der Waals surface area contributed by atoms with E-state index in [0.29, 0.717) is 12.1 Å². The molecule has 5 nitrogen and oxygen atoms in total. The number of aromatic nitrogens is 1. The predicted molar refractivity (Wildman–Crippen MR) is 91.6 cm³/mol. The van der Waals surface area contributed by atoms with Crippen molar-refractivity contribution in [3.63, 3.8) is 0 Å². The van der Waals surface area contributed by atoms with Gasteiger partial charge >= 0.3 is 0 Å². The highest BCUT2D eigenvalue weighted by atomic mass is 16.2. The molecule has 3 heterocycles. The molecule has 0 radical (unpaired) electrons. The number of nitrogens with zero attached hydrogens (tertiary/aromatic N) is 2. The number of pyridine rings is 1. The van der Waals surface area contributed by atoms with Gasteiger partial charge in [-0.1, -0.05) is 30.3 Å². The topological polar surface area (TPSA) is 56.4 Å². The van der Waals surface area contributed by atoms with E-state index in [0.717, 1.165) is 50.1 Å². The first-order chi connectivity index (χ1) is 11.7. The van der Waals surface area contributed by atoms with Gasteiger partial charge in [0.2, 0.25) is 0 Å². The molecule has 5 heteroatoms. The Kier molecular flexibility index (Phi) is 3.94. The third kappa shape index (κ3) is 2.76. The lowest BCUT2D eigenvalue weighted by atomic mass is 10.1. The summed E-state index contributed by atoms with van der Waals surface area (Å²) in [6.45, 7) is 3.76. The van der Waals surface area contributed by atoms with Crippen molar-refractivity contribution in [3.05, 3.63) is 69.1 Å². The van der Waals surface area contributed by atoms with E-state index >= 15 is 0 Å². The lowest BCUT2D eigenvalue weighted by molar-refractivity contribution is 0.0789. The average molecular weight is 323 g/mol. The monoisotopic (exact) mass is 323 g/mol. The van der Waals surface area contributed by atoms with Gasteiger partial charge in [0.15, 0.2) is 0 Å². The molecule has 1 aromatic heterocycles. The predicted octanol–water partition coefficient (Wildman–Crippen LogP) is 2.13. The molecule has 0 atom stereocenters. The van der Waals surface area contributed by atoms with E-state index < -0.39 is 0 Å². The zero-order chi connectivity index (χ0) is 16.5. The quantitative estimate of drug-likeness (QED) is 0.941. The molecular weight excluding hydrogens is 302 g/mol. The van der Waals surface area contributed by atoms with Crippen molar-refractivity contribution in [2.75, 3.05) is 13.1 Å². The lowest BCUT2D eigenvalue weighted by Crippen LogP contribution is -2.34. The van der Waals surface area contributed by atoms with Gasteiger partial charge in [-0.05, 0) is 29.5 Å². The summed E-state index contributed by atoms with van der Waals surface area (Å²) in [5, 5.41) is 0. The summed E-state index contributed by atoms with van der Waals surface area (Å²) in [7, 11) is 0. The summed E-state index contributed by atoms with van der Waals surface area (Å²) < 4.78 is 0. The minimum absolute atomic E-state index is 0.104. The molecule has 4 rings (SSSR count). The number of aromatic amines is 1. The molecule has 0 saturated carbocycles. The van der Waals surface area contributed by atoms with Crippen LogP contribution in [0.1, 0.15) is 39.9 Å². The van der Waals surface area contributed by atoms with Crippen molar-refractivity contribution < 1.29 is 4.79 Å². The molecule has 2 aliphatic rings. The smallest absolute Gasteiger partial charge is 0.261 e. The Morgan fingerprint density at radius 1 is 1.08 bits per heavy atom. The molecule has 0 unspecified atom stereocenters. The van der Waals surface area contributed by atoms with Gasteiger partial charge in [-0.2, -0.15) is 0 Å². The number of likely N-dealkylation sites (tertiary alicyclic amines) is 1. The number of nitrogens with one attached hydrogen (secondary N) is 1. The molecule has 1 N–H and O–H groups in total. The molecule has 1 aromatic carbocycles. The van der Waals surface area contributed by atoms with Gasteiger partial charge in [0.1, 0.15) is 5.56 Å². The first-order valence-electron chi connectivity index (χ1n) is 8.51. The highest BCUT2D eigenvalue weighted by Gasteiger charge is 2.30. The van der Waals surface area contributed by atoms with Gasteiger partial charge in [-0.3, -0.25) is 14.5 Å². The van der Waals surface area contributed by atoms with E-state index in [4.69, 9.17) is 0 Å². The Labute approximate surface area is 140 Å². The maximum Gasteiger partial charge on any atom is 0.261 e. The van der Waals surface area contributed by atoms with Crippen LogP contribution in [0, 0.1) is 0 Å². The highest BCUT2D eigenvalue weighted by Crippen LogP contribution is 2.26. The van der Waals surface area contributed by atoms with E-state index in [1.54, 1.807) is 6.20 Å². The van der Waals surface area contributed by atoms with Crippen molar-refractivity contribution >= 4 is 5.91 Å². The normalized spacial score (nSPS) is 17.2. The third-order valence-corrected chi connectivity index (χ3v) is 4.93. The molecule has 0 aliphatic carbocycles.